The number of thiazole rings is 1. The largest absolute Gasteiger partial charge is 0.308 e. The van der Waals surface area contributed by atoms with Crippen molar-refractivity contribution in [2.45, 2.75) is 38.5 Å². The highest BCUT2D eigenvalue weighted by molar-refractivity contribution is 7.89. The number of likely N-dealkylation sites (N-methyl/N-ethyl adjacent to an activating group) is 1. The highest BCUT2D eigenvalue weighted by Crippen LogP contribution is 2.33. The Kier molecular flexibility index (Phi) is 7.61. The SMILES string of the molecule is Cc1cc(C)c2sc(N(CCN(C)C)C(=O)c3ccc(S(=O)(=O)N4CCCC(C)C4)cc3)nc2c1. The second-order valence-electron chi connectivity index (χ2n) is 9.82. The molecule has 0 N–H and O–H groups in total. The van der Waals surface area contributed by atoms with Gasteiger partial charge in [0.1, 0.15) is 0 Å². The monoisotopic (exact) mass is 514 g/mol. The summed E-state index contributed by atoms with van der Waals surface area (Å²) < 4.78 is 28.9. The minimum absolute atomic E-state index is 0.184. The molecule has 1 aromatic heterocycles. The molecular weight excluding hydrogens is 480 g/mol. The van der Waals surface area contributed by atoms with Gasteiger partial charge in [0.2, 0.25) is 10.0 Å². The Bertz CT molecular complexity index is 1320. The first-order chi connectivity index (χ1) is 16.6. The van der Waals surface area contributed by atoms with Gasteiger partial charge < -0.3 is 4.90 Å². The summed E-state index contributed by atoms with van der Waals surface area (Å²) >= 11 is 1.51. The fraction of sp³-hybridized carbons (Fsp3) is 0.462. The normalized spacial score (nSPS) is 17.3. The number of aromatic nitrogens is 1. The lowest BCUT2D eigenvalue weighted by atomic mass is 10.0. The molecule has 0 aliphatic carbocycles. The summed E-state index contributed by atoms with van der Waals surface area (Å²) in [7, 11) is 0.370. The first kappa shape index (κ1) is 25.8. The maximum atomic E-state index is 13.6. The van der Waals surface area contributed by atoms with Gasteiger partial charge in [-0.1, -0.05) is 24.3 Å². The van der Waals surface area contributed by atoms with Crippen LogP contribution in [0, 0.1) is 19.8 Å². The van der Waals surface area contributed by atoms with Crippen LogP contribution in [-0.2, 0) is 10.0 Å². The third-order valence-corrected chi connectivity index (χ3v) is 9.52. The Balaban J connectivity index is 1.63. The average molecular weight is 515 g/mol. The molecule has 1 unspecified atom stereocenters. The molecule has 1 amide bonds. The number of benzene rings is 2. The molecule has 1 saturated heterocycles. The number of carbonyl (C=O) groups is 1. The summed E-state index contributed by atoms with van der Waals surface area (Å²) in [5, 5.41) is 0.652. The Morgan fingerprint density at radius 2 is 1.86 bits per heavy atom. The van der Waals surface area contributed by atoms with E-state index in [1.807, 2.05) is 32.0 Å². The van der Waals surface area contributed by atoms with E-state index in [2.05, 4.69) is 19.9 Å². The van der Waals surface area contributed by atoms with Gasteiger partial charge in [-0.15, -0.1) is 0 Å². The summed E-state index contributed by atoms with van der Waals surface area (Å²) in [6.07, 6.45) is 1.92. The smallest absolute Gasteiger partial charge is 0.260 e. The molecule has 1 aliphatic rings. The van der Waals surface area contributed by atoms with Crippen LogP contribution >= 0.6 is 11.3 Å². The molecule has 1 atom stereocenters. The van der Waals surface area contributed by atoms with Crippen LogP contribution in [0.25, 0.3) is 10.2 Å². The van der Waals surface area contributed by atoms with E-state index in [1.54, 1.807) is 33.5 Å². The van der Waals surface area contributed by atoms with E-state index in [0.29, 0.717) is 42.8 Å². The van der Waals surface area contributed by atoms with Crippen molar-refractivity contribution in [1.29, 1.82) is 0 Å². The van der Waals surface area contributed by atoms with E-state index < -0.39 is 10.0 Å². The summed E-state index contributed by atoms with van der Waals surface area (Å²) in [4.78, 5) is 22.4. The standard InChI is InChI=1S/C26H34N4O3S2/c1-18-7-6-12-29(17-18)35(32,33)22-10-8-21(9-11-22)25(31)30(14-13-28(4)5)26-27-23-16-19(2)15-20(3)24(23)34-26/h8-11,15-16,18H,6-7,12-14,17H2,1-5H3. The minimum Gasteiger partial charge on any atom is -0.308 e. The number of hydrogen-bond acceptors (Lipinski definition) is 6. The number of carbonyl (C=O) groups excluding carboxylic acids is 1. The van der Waals surface area contributed by atoms with E-state index in [0.717, 1.165) is 34.2 Å². The zero-order valence-electron chi connectivity index (χ0n) is 21.1. The molecule has 0 spiro atoms. The number of aryl methyl sites for hydroxylation is 2. The van der Waals surface area contributed by atoms with Gasteiger partial charge in [-0.05, 0) is 88.2 Å². The molecule has 0 radical (unpaired) electrons. The van der Waals surface area contributed by atoms with Crippen LogP contribution in [0.4, 0.5) is 5.13 Å². The average Bonchev–Trinajstić information content (AvgIpc) is 3.23. The van der Waals surface area contributed by atoms with Crippen molar-refractivity contribution in [3.63, 3.8) is 0 Å². The first-order valence-corrected chi connectivity index (χ1v) is 14.3. The van der Waals surface area contributed by atoms with E-state index in [4.69, 9.17) is 4.98 Å². The molecule has 0 saturated carbocycles. The van der Waals surface area contributed by atoms with Gasteiger partial charge in [0.15, 0.2) is 5.13 Å². The molecule has 1 aliphatic heterocycles. The van der Waals surface area contributed by atoms with Gasteiger partial charge >= 0.3 is 0 Å². The van der Waals surface area contributed by atoms with E-state index in [9.17, 15) is 13.2 Å². The molecule has 188 valence electrons. The lowest BCUT2D eigenvalue weighted by molar-refractivity contribution is 0.0985. The van der Waals surface area contributed by atoms with Crippen LogP contribution in [0.15, 0.2) is 41.3 Å². The topological polar surface area (TPSA) is 73.8 Å². The summed E-state index contributed by atoms with van der Waals surface area (Å²) in [6, 6.07) is 10.5. The van der Waals surface area contributed by atoms with Gasteiger partial charge in [0.25, 0.3) is 5.91 Å². The van der Waals surface area contributed by atoms with Crippen LogP contribution in [0.1, 0.15) is 41.3 Å². The predicted molar refractivity (Wildman–Crippen MR) is 143 cm³/mol. The molecule has 2 aromatic carbocycles. The van der Waals surface area contributed by atoms with E-state index >= 15 is 0 Å². The predicted octanol–water partition coefficient (Wildman–Crippen LogP) is 4.54. The molecule has 3 aromatic rings. The fourth-order valence-electron chi connectivity index (χ4n) is 4.50. The Labute approximate surface area is 212 Å². The molecule has 1 fully saturated rings. The zero-order chi connectivity index (χ0) is 25.3. The molecule has 2 heterocycles. The lowest BCUT2D eigenvalue weighted by Crippen LogP contribution is -2.39. The quantitative estimate of drug-likeness (QED) is 0.463. The number of piperidine rings is 1. The van der Waals surface area contributed by atoms with Crippen LogP contribution < -0.4 is 4.90 Å². The Morgan fingerprint density at radius 1 is 1.14 bits per heavy atom. The Hall–Kier alpha value is -2.33. The maximum Gasteiger partial charge on any atom is 0.260 e. The number of rotatable bonds is 7. The highest BCUT2D eigenvalue weighted by Gasteiger charge is 2.29. The fourth-order valence-corrected chi connectivity index (χ4v) is 7.14. The van der Waals surface area contributed by atoms with Crippen molar-refractivity contribution in [2.75, 3.05) is 45.2 Å². The maximum absolute atomic E-state index is 13.6. The third-order valence-electron chi connectivity index (χ3n) is 6.41. The van der Waals surface area contributed by atoms with Gasteiger partial charge in [-0.2, -0.15) is 4.31 Å². The van der Waals surface area contributed by atoms with Crippen molar-refractivity contribution in [3.05, 3.63) is 53.1 Å². The lowest BCUT2D eigenvalue weighted by Gasteiger charge is -2.30. The number of fused-ring (bicyclic) bond motifs is 1. The minimum atomic E-state index is -3.57. The number of nitrogens with zero attached hydrogens (tertiary/aromatic N) is 4. The second kappa shape index (κ2) is 10.3. The Morgan fingerprint density at radius 3 is 2.51 bits per heavy atom. The first-order valence-electron chi connectivity index (χ1n) is 12.0. The highest BCUT2D eigenvalue weighted by atomic mass is 32.2. The molecule has 7 nitrogen and oxygen atoms in total. The van der Waals surface area contributed by atoms with Crippen molar-refractivity contribution >= 4 is 42.6 Å². The second-order valence-corrected chi connectivity index (χ2v) is 12.7. The van der Waals surface area contributed by atoms with Crippen LogP contribution in [0.2, 0.25) is 0 Å². The zero-order valence-corrected chi connectivity index (χ0v) is 22.7. The van der Waals surface area contributed by atoms with Crippen LogP contribution in [0.5, 0.6) is 0 Å². The number of sulfonamides is 1. The molecule has 35 heavy (non-hydrogen) atoms. The summed E-state index contributed by atoms with van der Waals surface area (Å²) in [5.41, 5.74) is 3.62. The van der Waals surface area contributed by atoms with E-state index in [-0.39, 0.29) is 10.8 Å². The van der Waals surface area contributed by atoms with Gasteiger partial charge in [0.05, 0.1) is 15.1 Å². The number of anilines is 1. The number of hydrogen-bond donors (Lipinski definition) is 0. The van der Waals surface area contributed by atoms with Crippen LogP contribution in [0.3, 0.4) is 0 Å². The van der Waals surface area contributed by atoms with Crippen molar-refractivity contribution in [3.8, 4) is 0 Å². The molecule has 0 bridgehead atoms. The molecule has 9 heteroatoms. The van der Waals surface area contributed by atoms with Crippen molar-refractivity contribution < 1.29 is 13.2 Å². The molecule has 4 rings (SSSR count). The third kappa shape index (κ3) is 5.58. The summed E-state index contributed by atoms with van der Waals surface area (Å²) in [5.74, 6) is 0.168. The van der Waals surface area contributed by atoms with Gasteiger partial charge in [-0.3, -0.25) is 9.69 Å². The van der Waals surface area contributed by atoms with Gasteiger partial charge in [-0.25, -0.2) is 13.4 Å². The summed E-state index contributed by atoms with van der Waals surface area (Å²) in [6.45, 7) is 8.43. The molecular formula is C26H34N4O3S2. The van der Waals surface area contributed by atoms with Crippen LogP contribution in [-0.4, -0.2) is 68.8 Å². The van der Waals surface area contributed by atoms with Crippen molar-refractivity contribution in [2.24, 2.45) is 5.92 Å². The number of amides is 1. The van der Waals surface area contributed by atoms with Gasteiger partial charge in [0, 0.05) is 31.7 Å². The van der Waals surface area contributed by atoms with E-state index in [1.165, 1.54) is 11.3 Å². The van der Waals surface area contributed by atoms with Crippen molar-refractivity contribution in [1.82, 2.24) is 14.2 Å².